The van der Waals surface area contributed by atoms with Gasteiger partial charge in [-0.2, -0.15) is 0 Å². The quantitative estimate of drug-likeness (QED) is 0.663. The van der Waals surface area contributed by atoms with Gasteiger partial charge in [0.2, 0.25) is 0 Å². The Labute approximate surface area is 138 Å². The number of rotatable bonds is 4. The van der Waals surface area contributed by atoms with Gasteiger partial charge in [-0.25, -0.2) is 0 Å². The zero-order chi connectivity index (χ0) is 17.1. The summed E-state index contributed by atoms with van der Waals surface area (Å²) in [5, 5.41) is 23.2. The summed E-state index contributed by atoms with van der Waals surface area (Å²) in [5.41, 5.74) is 0.798. The molecule has 0 bridgehead atoms. The monoisotopic (exact) mass is 327 g/mol. The van der Waals surface area contributed by atoms with Crippen molar-refractivity contribution in [2.24, 2.45) is 0 Å². The van der Waals surface area contributed by atoms with E-state index in [1.807, 2.05) is 30.3 Å². The summed E-state index contributed by atoms with van der Waals surface area (Å²) < 4.78 is 0. The van der Waals surface area contributed by atoms with E-state index in [-0.39, 0.29) is 17.5 Å². The van der Waals surface area contributed by atoms with Crippen LogP contribution in [-0.2, 0) is 0 Å². The Balaban J connectivity index is 1.66. The number of carbonyl (C=O) groups is 1. The molecule has 7 heteroatoms. The molecule has 1 fully saturated rings. The van der Waals surface area contributed by atoms with E-state index in [4.69, 9.17) is 0 Å². The van der Waals surface area contributed by atoms with Crippen LogP contribution in [0.5, 0.6) is 5.75 Å². The third-order valence-electron chi connectivity index (χ3n) is 4.08. The Morgan fingerprint density at radius 3 is 2.71 bits per heavy atom. The molecule has 2 aromatic rings. The largest absolute Gasteiger partial charge is 0.502 e. The van der Waals surface area contributed by atoms with Gasteiger partial charge in [0.05, 0.1) is 4.92 Å². The molecule has 1 aliphatic rings. The number of anilines is 1. The first-order valence-corrected chi connectivity index (χ1v) is 7.63. The number of amides is 1. The van der Waals surface area contributed by atoms with Gasteiger partial charge in [-0.3, -0.25) is 14.9 Å². The number of nitrogens with one attached hydrogen (secondary N) is 1. The van der Waals surface area contributed by atoms with Crippen LogP contribution in [0.15, 0.2) is 48.5 Å². The van der Waals surface area contributed by atoms with Gasteiger partial charge in [0.1, 0.15) is 0 Å². The molecule has 24 heavy (non-hydrogen) atoms. The van der Waals surface area contributed by atoms with E-state index in [9.17, 15) is 20.0 Å². The predicted octanol–water partition coefficient (Wildman–Crippen LogP) is 2.31. The number of nitro groups is 1. The molecule has 1 heterocycles. The predicted molar refractivity (Wildman–Crippen MR) is 89.3 cm³/mol. The number of carbonyl (C=O) groups excluding carboxylic acids is 1. The summed E-state index contributed by atoms with van der Waals surface area (Å²) in [6.07, 6.45) is 0.806. The molecule has 1 amide bonds. The fraction of sp³-hybridized carbons (Fsp3) is 0.235. The first-order valence-electron chi connectivity index (χ1n) is 7.63. The van der Waals surface area contributed by atoms with Crippen molar-refractivity contribution in [2.45, 2.75) is 12.5 Å². The van der Waals surface area contributed by atoms with Crippen LogP contribution >= 0.6 is 0 Å². The molecule has 1 atom stereocenters. The Hall–Kier alpha value is -3.09. The van der Waals surface area contributed by atoms with Crippen LogP contribution < -0.4 is 10.2 Å². The minimum Gasteiger partial charge on any atom is -0.502 e. The van der Waals surface area contributed by atoms with Gasteiger partial charge in [-0.1, -0.05) is 18.2 Å². The lowest BCUT2D eigenvalue weighted by Gasteiger charge is -2.19. The van der Waals surface area contributed by atoms with Crippen molar-refractivity contribution in [1.29, 1.82) is 0 Å². The van der Waals surface area contributed by atoms with E-state index in [0.717, 1.165) is 30.8 Å². The normalized spacial score (nSPS) is 16.8. The summed E-state index contributed by atoms with van der Waals surface area (Å²) in [6.45, 7) is 1.53. The molecule has 0 radical (unpaired) electrons. The van der Waals surface area contributed by atoms with Gasteiger partial charge < -0.3 is 15.3 Å². The summed E-state index contributed by atoms with van der Waals surface area (Å²) in [7, 11) is 0. The van der Waals surface area contributed by atoms with Crippen molar-refractivity contribution >= 4 is 17.3 Å². The van der Waals surface area contributed by atoms with Gasteiger partial charge in [0.25, 0.3) is 5.91 Å². The van der Waals surface area contributed by atoms with E-state index in [1.54, 1.807) is 0 Å². The first kappa shape index (κ1) is 15.8. The highest BCUT2D eigenvalue weighted by molar-refractivity contribution is 5.95. The van der Waals surface area contributed by atoms with Crippen molar-refractivity contribution in [3.05, 3.63) is 64.2 Å². The minimum atomic E-state index is -0.710. The highest BCUT2D eigenvalue weighted by Gasteiger charge is 2.25. The number of nitro benzene ring substituents is 1. The third-order valence-corrected chi connectivity index (χ3v) is 4.08. The molecule has 0 saturated carbocycles. The molecule has 2 N–H and O–H groups in total. The Morgan fingerprint density at radius 2 is 2.00 bits per heavy atom. The zero-order valence-corrected chi connectivity index (χ0v) is 12.9. The molecule has 0 spiro atoms. The van der Waals surface area contributed by atoms with Gasteiger partial charge in [0.15, 0.2) is 5.75 Å². The molecular weight excluding hydrogens is 310 g/mol. The second-order valence-corrected chi connectivity index (χ2v) is 5.70. The molecule has 124 valence electrons. The number of hydrogen-bond acceptors (Lipinski definition) is 5. The second kappa shape index (κ2) is 6.57. The number of aromatic hydroxyl groups is 1. The van der Waals surface area contributed by atoms with Crippen LogP contribution in [0, 0.1) is 10.1 Å². The summed E-state index contributed by atoms with van der Waals surface area (Å²) in [5.74, 6) is -0.828. The lowest BCUT2D eigenvalue weighted by atomic mass is 10.1. The number of nitrogens with zero attached hydrogens (tertiary/aromatic N) is 2. The standard InChI is InChI=1S/C17H17N3O4/c21-16-7-6-12(10-15(16)20(23)24)17(22)18-13-8-9-19(11-13)14-4-2-1-3-5-14/h1-7,10,13,21H,8-9,11H2,(H,18,22). The van der Waals surface area contributed by atoms with Gasteiger partial charge >= 0.3 is 5.69 Å². The average Bonchev–Trinajstić information content (AvgIpc) is 3.04. The molecule has 1 saturated heterocycles. The van der Waals surface area contributed by atoms with Crippen molar-refractivity contribution in [3.63, 3.8) is 0 Å². The molecule has 3 rings (SSSR count). The van der Waals surface area contributed by atoms with Gasteiger partial charge in [-0.15, -0.1) is 0 Å². The van der Waals surface area contributed by atoms with E-state index in [2.05, 4.69) is 10.2 Å². The highest BCUT2D eigenvalue weighted by atomic mass is 16.6. The zero-order valence-electron chi connectivity index (χ0n) is 12.9. The number of benzene rings is 2. The Bertz CT molecular complexity index is 764. The van der Waals surface area contributed by atoms with Crippen molar-refractivity contribution in [2.75, 3.05) is 18.0 Å². The summed E-state index contributed by atoms with van der Waals surface area (Å²) >= 11 is 0. The SMILES string of the molecule is O=C(NC1CCN(c2ccccc2)C1)c1ccc(O)c([N+](=O)[O-])c1. The lowest BCUT2D eigenvalue weighted by molar-refractivity contribution is -0.385. The maximum Gasteiger partial charge on any atom is 0.311 e. The summed E-state index contributed by atoms with van der Waals surface area (Å²) in [4.78, 5) is 24.6. The molecule has 1 unspecified atom stereocenters. The van der Waals surface area contributed by atoms with Crippen molar-refractivity contribution in [1.82, 2.24) is 5.32 Å². The van der Waals surface area contributed by atoms with Crippen molar-refractivity contribution < 1.29 is 14.8 Å². The Kier molecular flexibility index (Phi) is 4.33. The highest BCUT2D eigenvalue weighted by Crippen LogP contribution is 2.26. The van der Waals surface area contributed by atoms with Crippen LogP contribution in [0.25, 0.3) is 0 Å². The first-order chi connectivity index (χ1) is 11.5. The molecule has 7 nitrogen and oxygen atoms in total. The molecule has 2 aromatic carbocycles. The van der Waals surface area contributed by atoms with Gasteiger partial charge in [-0.05, 0) is 30.7 Å². The number of phenols is 1. The number of phenolic OH excluding ortho intramolecular Hbond substituents is 1. The van der Waals surface area contributed by atoms with Crippen LogP contribution in [0.1, 0.15) is 16.8 Å². The third kappa shape index (κ3) is 3.29. The van der Waals surface area contributed by atoms with Crippen LogP contribution in [0.2, 0.25) is 0 Å². The Morgan fingerprint density at radius 1 is 1.25 bits per heavy atom. The maximum atomic E-state index is 12.3. The minimum absolute atomic E-state index is 0.0226. The smallest absolute Gasteiger partial charge is 0.311 e. The molecule has 1 aliphatic heterocycles. The van der Waals surface area contributed by atoms with E-state index >= 15 is 0 Å². The van der Waals surface area contributed by atoms with E-state index in [0.29, 0.717) is 6.54 Å². The lowest BCUT2D eigenvalue weighted by Crippen LogP contribution is -2.37. The van der Waals surface area contributed by atoms with Crippen LogP contribution in [0.3, 0.4) is 0 Å². The van der Waals surface area contributed by atoms with Crippen molar-refractivity contribution in [3.8, 4) is 5.75 Å². The van der Waals surface area contributed by atoms with E-state index < -0.39 is 16.4 Å². The van der Waals surface area contributed by atoms with Crippen LogP contribution in [0.4, 0.5) is 11.4 Å². The number of hydrogen-bond donors (Lipinski definition) is 2. The topological polar surface area (TPSA) is 95.7 Å². The maximum absolute atomic E-state index is 12.3. The van der Waals surface area contributed by atoms with Crippen LogP contribution in [-0.4, -0.2) is 35.1 Å². The van der Waals surface area contributed by atoms with Gasteiger partial charge in [0, 0.05) is 36.4 Å². The fourth-order valence-electron chi connectivity index (χ4n) is 2.83. The molecule has 0 aliphatic carbocycles. The van der Waals surface area contributed by atoms with E-state index in [1.165, 1.54) is 6.07 Å². The average molecular weight is 327 g/mol. The second-order valence-electron chi connectivity index (χ2n) is 5.70. The molecule has 0 aromatic heterocycles. The summed E-state index contributed by atoms with van der Waals surface area (Å²) in [6, 6.07) is 13.5. The number of para-hydroxylation sites is 1. The molecular formula is C17H17N3O4. The fourth-order valence-corrected chi connectivity index (χ4v) is 2.83.